The number of methoxy groups -OCH3 is 2. The highest BCUT2D eigenvalue weighted by Gasteiger charge is 2.18. The molecule has 0 aromatic carbocycles. The molecular formula is C12H20BrN3O2. The molecule has 0 radical (unpaired) electrons. The van der Waals surface area contributed by atoms with Gasteiger partial charge in [-0.05, 0) is 28.9 Å². The summed E-state index contributed by atoms with van der Waals surface area (Å²) >= 11 is 3.49. The number of anilines is 2. The van der Waals surface area contributed by atoms with E-state index in [-0.39, 0.29) is 6.04 Å². The standard InChI is InChI=1S/C12H20BrN3O2/c1-9(8-18-3)16(4-5-17-2)12-11(13)6-10(14)7-15-12/h6-7,9H,4-5,8,14H2,1-3H3. The van der Waals surface area contributed by atoms with Crippen molar-refractivity contribution in [2.24, 2.45) is 0 Å². The molecule has 0 saturated heterocycles. The zero-order valence-electron chi connectivity index (χ0n) is 11.0. The molecule has 102 valence electrons. The van der Waals surface area contributed by atoms with Gasteiger partial charge in [0.25, 0.3) is 0 Å². The topological polar surface area (TPSA) is 60.6 Å². The lowest BCUT2D eigenvalue weighted by Crippen LogP contribution is -2.39. The number of hydrogen-bond acceptors (Lipinski definition) is 5. The first-order valence-corrected chi connectivity index (χ1v) is 6.55. The van der Waals surface area contributed by atoms with Crippen LogP contribution in [-0.2, 0) is 9.47 Å². The molecular weight excluding hydrogens is 298 g/mol. The SMILES string of the molecule is COCCN(c1ncc(N)cc1Br)C(C)COC. The Morgan fingerprint density at radius 2 is 2.17 bits per heavy atom. The van der Waals surface area contributed by atoms with Gasteiger partial charge < -0.3 is 20.1 Å². The van der Waals surface area contributed by atoms with Crippen LogP contribution in [0, 0.1) is 0 Å². The van der Waals surface area contributed by atoms with E-state index in [4.69, 9.17) is 15.2 Å². The number of nitrogen functional groups attached to an aromatic ring is 1. The predicted octanol–water partition coefficient (Wildman–Crippen LogP) is 1.91. The van der Waals surface area contributed by atoms with E-state index in [9.17, 15) is 0 Å². The van der Waals surface area contributed by atoms with E-state index < -0.39 is 0 Å². The van der Waals surface area contributed by atoms with Crippen molar-refractivity contribution in [2.75, 3.05) is 44.6 Å². The summed E-state index contributed by atoms with van der Waals surface area (Å²) in [7, 11) is 3.38. The molecule has 1 heterocycles. The molecule has 0 amide bonds. The van der Waals surface area contributed by atoms with E-state index in [0.717, 1.165) is 16.8 Å². The third-order valence-corrected chi connectivity index (χ3v) is 3.17. The van der Waals surface area contributed by atoms with Crippen LogP contribution in [0.1, 0.15) is 6.92 Å². The molecule has 0 aliphatic rings. The quantitative estimate of drug-likeness (QED) is 0.832. The first-order valence-electron chi connectivity index (χ1n) is 5.75. The van der Waals surface area contributed by atoms with Crippen LogP contribution in [0.4, 0.5) is 11.5 Å². The zero-order chi connectivity index (χ0) is 13.5. The molecule has 0 aliphatic heterocycles. The fraction of sp³-hybridized carbons (Fsp3) is 0.583. The smallest absolute Gasteiger partial charge is 0.143 e. The number of aromatic nitrogens is 1. The average Bonchev–Trinajstić information content (AvgIpc) is 2.32. The van der Waals surface area contributed by atoms with Gasteiger partial charge in [0.15, 0.2) is 0 Å². The molecule has 0 fully saturated rings. The first-order chi connectivity index (χ1) is 8.60. The van der Waals surface area contributed by atoms with Gasteiger partial charge in [-0.3, -0.25) is 0 Å². The highest BCUT2D eigenvalue weighted by Crippen LogP contribution is 2.26. The van der Waals surface area contributed by atoms with Crippen molar-refractivity contribution >= 4 is 27.4 Å². The average molecular weight is 318 g/mol. The Kier molecular flexibility index (Phi) is 6.38. The summed E-state index contributed by atoms with van der Waals surface area (Å²) in [4.78, 5) is 6.51. The van der Waals surface area contributed by atoms with E-state index in [1.807, 2.05) is 6.07 Å². The molecule has 1 atom stereocenters. The molecule has 1 rings (SSSR count). The molecule has 0 bridgehead atoms. The third kappa shape index (κ3) is 4.12. The molecule has 1 aromatic rings. The van der Waals surface area contributed by atoms with E-state index >= 15 is 0 Å². The molecule has 0 spiro atoms. The fourth-order valence-electron chi connectivity index (χ4n) is 1.71. The largest absolute Gasteiger partial charge is 0.397 e. The summed E-state index contributed by atoms with van der Waals surface area (Å²) in [6.07, 6.45) is 1.65. The Morgan fingerprint density at radius 1 is 1.44 bits per heavy atom. The summed E-state index contributed by atoms with van der Waals surface area (Å²) in [5.41, 5.74) is 6.34. The second kappa shape index (κ2) is 7.56. The lowest BCUT2D eigenvalue weighted by Gasteiger charge is -2.30. The maximum absolute atomic E-state index is 5.70. The maximum atomic E-state index is 5.70. The fourth-order valence-corrected chi connectivity index (χ4v) is 2.31. The molecule has 18 heavy (non-hydrogen) atoms. The Morgan fingerprint density at radius 3 is 2.72 bits per heavy atom. The number of nitrogens with zero attached hydrogens (tertiary/aromatic N) is 2. The lowest BCUT2D eigenvalue weighted by molar-refractivity contribution is 0.170. The minimum atomic E-state index is 0.206. The van der Waals surface area contributed by atoms with Crippen LogP contribution < -0.4 is 10.6 Å². The lowest BCUT2D eigenvalue weighted by atomic mass is 10.2. The van der Waals surface area contributed by atoms with Crippen LogP contribution in [-0.4, -0.2) is 45.0 Å². The Bertz CT molecular complexity index is 376. The third-order valence-electron chi connectivity index (χ3n) is 2.59. The Labute approximate surface area is 116 Å². The normalized spacial score (nSPS) is 12.4. The number of nitrogens with two attached hydrogens (primary N) is 1. The number of rotatable bonds is 7. The van der Waals surface area contributed by atoms with Crippen molar-refractivity contribution in [1.29, 1.82) is 0 Å². The van der Waals surface area contributed by atoms with E-state index in [1.54, 1.807) is 20.4 Å². The van der Waals surface area contributed by atoms with Gasteiger partial charge in [-0.25, -0.2) is 4.98 Å². The van der Waals surface area contributed by atoms with Gasteiger partial charge >= 0.3 is 0 Å². The zero-order valence-corrected chi connectivity index (χ0v) is 12.6. The van der Waals surface area contributed by atoms with Crippen LogP contribution in [0.3, 0.4) is 0 Å². The molecule has 0 saturated carbocycles. The van der Waals surface area contributed by atoms with Crippen molar-refractivity contribution in [3.63, 3.8) is 0 Å². The molecule has 1 aromatic heterocycles. The molecule has 2 N–H and O–H groups in total. The van der Waals surface area contributed by atoms with Gasteiger partial charge in [0, 0.05) is 20.8 Å². The van der Waals surface area contributed by atoms with Gasteiger partial charge in [0.05, 0.1) is 35.6 Å². The van der Waals surface area contributed by atoms with Gasteiger partial charge in [0.1, 0.15) is 5.82 Å². The first kappa shape index (κ1) is 15.2. The minimum absolute atomic E-state index is 0.206. The van der Waals surface area contributed by atoms with Gasteiger partial charge in [-0.2, -0.15) is 0 Å². The number of hydrogen-bond donors (Lipinski definition) is 1. The van der Waals surface area contributed by atoms with Crippen LogP contribution >= 0.6 is 15.9 Å². The highest BCUT2D eigenvalue weighted by molar-refractivity contribution is 9.10. The minimum Gasteiger partial charge on any atom is -0.397 e. The summed E-state index contributed by atoms with van der Waals surface area (Å²) in [5, 5.41) is 0. The van der Waals surface area contributed by atoms with Crippen molar-refractivity contribution in [1.82, 2.24) is 4.98 Å². The van der Waals surface area contributed by atoms with E-state index in [0.29, 0.717) is 18.9 Å². The predicted molar refractivity (Wildman–Crippen MR) is 76.9 cm³/mol. The second-order valence-electron chi connectivity index (χ2n) is 4.06. The number of pyridine rings is 1. The van der Waals surface area contributed by atoms with Crippen LogP contribution in [0.15, 0.2) is 16.7 Å². The van der Waals surface area contributed by atoms with Gasteiger partial charge in [-0.1, -0.05) is 0 Å². The number of ether oxygens (including phenoxy) is 2. The highest BCUT2D eigenvalue weighted by atomic mass is 79.9. The van der Waals surface area contributed by atoms with Crippen molar-refractivity contribution in [3.05, 3.63) is 16.7 Å². The summed E-state index contributed by atoms with van der Waals surface area (Å²) in [6, 6.07) is 2.05. The molecule has 0 aliphatic carbocycles. The van der Waals surface area contributed by atoms with Crippen LogP contribution in [0.25, 0.3) is 0 Å². The van der Waals surface area contributed by atoms with Gasteiger partial charge in [-0.15, -0.1) is 0 Å². The molecule has 1 unspecified atom stereocenters. The van der Waals surface area contributed by atoms with Gasteiger partial charge in [0.2, 0.25) is 0 Å². The summed E-state index contributed by atoms with van der Waals surface area (Å²) in [5.74, 6) is 0.853. The Balaban J connectivity index is 2.93. The maximum Gasteiger partial charge on any atom is 0.143 e. The Hall–Kier alpha value is -0.850. The van der Waals surface area contributed by atoms with Crippen LogP contribution in [0.5, 0.6) is 0 Å². The monoisotopic (exact) mass is 317 g/mol. The number of halogens is 1. The summed E-state index contributed by atoms with van der Waals surface area (Å²) in [6.45, 7) is 4.09. The van der Waals surface area contributed by atoms with Crippen molar-refractivity contribution < 1.29 is 9.47 Å². The summed E-state index contributed by atoms with van der Waals surface area (Å²) < 4.78 is 11.2. The molecule has 6 heteroatoms. The van der Waals surface area contributed by atoms with E-state index in [2.05, 4.69) is 32.7 Å². The van der Waals surface area contributed by atoms with Crippen molar-refractivity contribution in [2.45, 2.75) is 13.0 Å². The molecule has 5 nitrogen and oxygen atoms in total. The van der Waals surface area contributed by atoms with Crippen LogP contribution in [0.2, 0.25) is 0 Å². The van der Waals surface area contributed by atoms with Crippen molar-refractivity contribution in [3.8, 4) is 0 Å². The van der Waals surface area contributed by atoms with E-state index in [1.165, 1.54) is 0 Å². The second-order valence-corrected chi connectivity index (χ2v) is 4.92.